The highest BCUT2D eigenvalue weighted by molar-refractivity contribution is 5.56. The Morgan fingerprint density at radius 3 is 2.52 bits per heavy atom. The molecule has 0 saturated carbocycles. The highest BCUT2D eigenvalue weighted by Gasteiger charge is 2.34. The van der Waals surface area contributed by atoms with Crippen LogP contribution in [0.2, 0.25) is 0 Å². The molecule has 3 nitrogen and oxygen atoms in total. The molecule has 0 heterocycles. The average Bonchev–Trinajstić information content (AvgIpc) is 2.47. The molecule has 1 aliphatic carbocycles. The second-order valence-corrected chi connectivity index (χ2v) is 6.83. The molecule has 3 N–H and O–H groups in total. The van der Waals surface area contributed by atoms with Crippen molar-refractivity contribution in [3.05, 3.63) is 46.6 Å². The molecule has 1 aromatic rings. The van der Waals surface area contributed by atoms with E-state index in [2.05, 4.69) is 13.5 Å². The highest BCUT2D eigenvalue weighted by atomic mass is 16.3. The van der Waals surface area contributed by atoms with E-state index in [0.717, 1.165) is 35.1 Å². The summed E-state index contributed by atoms with van der Waals surface area (Å²) in [7, 11) is 0. The van der Waals surface area contributed by atoms with Gasteiger partial charge in [0.1, 0.15) is 11.5 Å². The van der Waals surface area contributed by atoms with Crippen LogP contribution in [0.4, 0.5) is 0 Å². The number of rotatable bonds is 4. The molecule has 3 atom stereocenters. The molecule has 2 rings (SSSR count). The molecule has 126 valence electrons. The molecule has 0 aromatic heterocycles. The second-order valence-electron chi connectivity index (χ2n) is 6.83. The van der Waals surface area contributed by atoms with Crippen molar-refractivity contribution in [3.8, 4) is 11.5 Å². The van der Waals surface area contributed by atoms with E-state index in [0.29, 0.717) is 12.0 Å². The van der Waals surface area contributed by atoms with Crippen LogP contribution in [-0.2, 0) is 6.42 Å². The van der Waals surface area contributed by atoms with E-state index < -0.39 is 6.10 Å². The van der Waals surface area contributed by atoms with Crippen LogP contribution >= 0.6 is 0 Å². The fourth-order valence-electron chi connectivity index (χ4n) is 3.56. The third kappa shape index (κ3) is 3.30. The van der Waals surface area contributed by atoms with Gasteiger partial charge < -0.3 is 15.3 Å². The fourth-order valence-corrected chi connectivity index (χ4v) is 3.56. The number of hydrogen-bond acceptors (Lipinski definition) is 3. The molecule has 0 aliphatic heterocycles. The summed E-state index contributed by atoms with van der Waals surface area (Å²) in [6, 6.07) is 1.78. The van der Waals surface area contributed by atoms with Gasteiger partial charge in [-0.25, -0.2) is 0 Å². The Bertz CT molecular complexity index is 643. The Morgan fingerprint density at radius 2 is 1.96 bits per heavy atom. The lowest BCUT2D eigenvalue weighted by Crippen LogP contribution is -2.26. The maximum atomic E-state index is 10.7. The average molecular weight is 316 g/mol. The van der Waals surface area contributed by atoms with Crippen molar-refractivity contribution in [2.24, 2.45) is 5.92 Å². The molecular formula is C20H28O3. The first-order chi connectivity index (χ1) is 10.8. The Balaban J connectivity index is 2.59. The zero-order valence-electron chi connectivity index (χ0n) is 14.6. The third-order valence-electron chi connectivity index (χ3n) is 5.04. The number of phenolic OH excluding ortho intramolecular Hbond substituents is 2. The number of phenols is 2. The van der Waals surface area contributed by atoms with Crippen molar-refractivity contribution in [1.82, 2.24) is 0 Å². The number of benzene rings is 1. The molecule has 1 aromatic carbocycles. The van der Waals surface area contributed by atoms with Gasteiger partial charge in [0.25, 0.3) is 0 Å². The Kier molecular flexibility index (Phi) is 5.20. The van der Waals surface area contributed by atoms with Crippen molar-refractivity contribution in [1.29, 1.82) is 0 Å². The van der Waals surface area contributed by atoms with Gasteiger partial charge in [0, 0.05) is 11.5 Å². The maximum Gasteiger partial charge on any atom is 0.126 e. The lowest BCUT2D eigenvalue weighted by molar-refractivity contribution is 0.168. The van der Waals surface area contributed by atoms with Crippen LogP contribution in [0.25, 0.3) is 0 Å². The summed E-state index contributed by atoms with van der Waals surface area (Å²) in [5, 5.41) is 31.4. The Morgan fingerprint density at radius 1 is 1.30 bits per heavy atom. The van der Waals surface area contributed by atoms with E-state index in [1.807, 2.05) is 26.8 Å². The minimum Gasteiger partial charge on any atom is -0.507 e. The predicted octanol–water partition coefficient (Wildman–Crippen LogP) is 4.35. The van der Waals surface area contributed by atoms with E-state index in [4.69, 9.17) is 0 Å². The van der Waals surface area contributed by atoms with Gasteiger partial charge in [-0.2, -0.15) is 0 Å². The minimum atomic E-state index is -0.488. The molecule has 0 amide bonds. The second kappa shape index (κ2) is 6.79. The molecular weight excluding hydrogens is 288 g/mol. The Hall–Kier alpha value is -1.74. The molecule has 0 saturated heterocycles. The zero-order chi connectivity index (χ0) is 17.3. The standard InChI is InChI=1S/C20H28O3/c1-6-7-14-9-18(22)19(20(23)13(14)5)16-8-12(4)17(21)10-15(16)11(2)3/h8-9,15-17,21-23H,2,6-7,10H2,1,3-5H3/t15-,16+,17-/m0/s1. The van der Waals surface area contributed by atoms with Crippen molar-refractivity contribution in [3.63, 3.8) is 0 Å². The first kappa shape index (κ1) is 17.6. The van der Waals surface area contributed by atoms with Gasteiger partial charge in [-0.1, -0.05) is 31.6 Å². The van der Waals surface area contributed by atoms with Gasteiger partial charge in [-0.3, -0.25) is 0 Å². The summed E-state index contributed by atoms with van der Waals surface area (Å²) in [6.45, 7) is 11.8. The summed E-state index contributed by atoms with van der Waals surface area (Å²) in [5.74, 6) is 0.144. The van der Waals surface area contributed by atoms with Gasteiger partial charge in [0.15, 0.2) is 0 Å². The predicted molar refractivity (Wildman–Crippen MR) is 93.9 cm³/mol. The van der Waals surface area contributed by atoms with Crippen LogP contribution in [0, 0.1) is 12.8 Å². The number of aliphatic hydroxyl groups excluding tert-OH is 1. The van der Waals surface area contributed by atoms with E-state index in [1.54, 1.807) is 6.07 Å². The van der Waals surface area contributed by atoms with Gasteiger partial charge >= 0.3 is 0 Å². The zero-order valence-corrected chi connectivity index (χ0v) is 14.6. The van der Waals surface area contributed by atoms with Crippen molar-refractivity contribution >= 4 is 0 Å². The first-order valence-corrected chi connectivity index (χ1v) is 8.33. The topological polar surface area (TPSA) is 60.7 Å². The van der Waals surface area contributed by atoms with Crippen LogP contribution in [0.3, 0.4) is 0 Å². The quantitative estimate of drug-likeness (QED) is 0.724. The summed E-state index contributed by atoms with van der Waals surface area (Å²) < 4.78 is 0. The molecule has 0 bridgehead atoms. The third-order valence-corrected chi connectivity index (χ3v) is 5.04. The van der Waals surface area contributed by atoms with E-state index >= 15 is 0 Å². The number of aliphatic hydroxyl groups is 1. The lowest BCUT2D eigenvalue weighted by atomic mass is 9.72. The summed E-state index contributed by atoms with van der Waals surface area (Å²) in [4.78, 5) is 0. The van der Waals surface area contributed by atoms with Crippen LogP contribution in [0.5, 0.6) is 11.5 Å². The van der Waals surface area contributed by atoms with E-state index in [1.165, 1.54) is 0 Å². The maximum absolute atomic E-state index is 10.7. The molecule has 0 unspecified atom stereocenters. The van der Waals surface area contributed by atoms with Crippen molar-refractivity contribution in [2.75, 3.05) is 0 Å². The lowest BCUT2D eigenvalue weighted by Gasteiger charge is -2.34. The van der Waals surface area contributed by atoms with Gasteiger partial charge in [-0.15, -0.1) is 0 Å². The van der Waals surface area contributed by atoms with Gasteiger partial charge in [-0.05, 0) is 62.3 Å². The smallest absolute Gasteiger partial charge is 0.126 e. The minimum absolute atomic E-state index is 0.00178. The fraction of sp³-hybridized carbons (Fsp3) is 0.500. The van der Waals surface area contributed by atoms with Crippen LogP contribution < -0.4 is 0 Å². The highest BCUT2D eigenvalue weighted by Crippen LogP contribution is 2.47. The largest absolute Gasteiger partial charge is 0.507 e. The molecule has 1 aliphatic rings. The van der Waals surface area contributed by atoms with E-state index in [-0.39, 0.29) is 23.3 Å². The molecule has 3 heteroatoms. The van der Waals surface area contributed by atoms with Gasteiger partial charge in [0.05, 0.1) is 6.10 Å². The molecule has 0 radical (unpaired) electrons. The van der Waals surface area contributed by atoms with Crippen LogP contribution in [-0.4, -0.2) is 21.4 Å². The molecule has 23 heavy (non-hydrogen) atoms. The van der Waals surface area contributed by atoms with Crippen molar-refractivity contribution in [2.45, 2.75) is 59.0 Å². The normalized spacial score (nSPS) is 24.4. The Labute approximate surface area is 139 Å². The van der Waals surface area contributed by atoms with Crippen LogP contribution in [0.15, 0.2) is 29.9 Å². The van der Waals surface area contributed by atoms with Crippen LogP contribution in [0.1, 0.15) is 56.2 Å². The number of aryl methyl sites for hydroxylation is 1. The molecule has 0 spiro atoms. The van der Waals surface area contributed by atoms with E-state index in [9.17, 15) is 15.3 Å². The number of hydrogen-bond donors (Lipinski definition) is 3. The number of allylic oxidation sites excluding steroid dienone is 2. The SMILES string of the molecule is C=C(C)[C@@H]1C[C@H](O)C(C)=C[C@H]1c1c(O)cc(CCC)c(C)c1O. The van der Waals surface area contributed by atoms with Gasteiger partial charge in [0.2, 0.25) is 0 Å². The first-order valence-electron chi connectivity index (χ1n) is 8.33. The summed E-state index contributed by atoms with van der Waals surface area (Å²) in [5.41, 5.74) is 4.20. The monoisotopic (exact) mass is 316 g/mol. The summed E-state index contributed by atoms with van der Waals surface area (Å²) in [6.07, 6.45) is 3.83. The summed E-state index contributed by atoms with van der Waals surface area (Å²) >= 11 is 0. The molecule has 0 fully saturated rings. The van der Waals surface area contributed by atoms with Crippen molar-refractivity contribution < 1.29 is 15.3 Å². The number of aromatic hydroxyl groups is 2.